The van der Waals surface area contributed by atoms with E-state index in [1.54, 1.807) is 24.6 Å². The van der Waals surface area contributed by atoms with Crippen LogP contribution in [0.1, 0.15) is 0 Å². The third kappa shape index (κ3) is 2.78. The summed E-state index contributed by atoms with van der Waals surface area (Å²) in [6.07, 6.45) is 3.38. The normalized spacial score (nSPS) is 12.3. The highest BCUT2D eigenvalue weighted by Gasteiger charge is 2.10. The van der Waals surface area contributed by atoms with Crippen molar-refractivity contribution in [2.45, 2.75) is 4.90 Å². The molecule has 0 amide bonds. The van der Waals surface area contributed by atoms with Gasteiger partial charge in [0.15, 0.2) is 0 Å². The van der Waals surface area contributed by atoms with Crippen LogP contribution in [0.3, 0.4) is 0 Å². The van der Waals surface area contributed by atoms with Crippen LogP contribution in [0, 0.1) is 5.82 Å². The average Bonchev–Trinajstić information content (AvgIpc) is 2.97. The van der Waals surface area contributed by atoms with Crippen molar-refractivity contribution in [2.24, 2.45) is 0 Å². The summed E-state index contributed by atoms with van der Waals surface area (Å²) in [7, 11) is -0.993. The Morgan fingerprint density at radius 1 is 1.00 bits per heavy atom. The number of aromatic amines is 1. The van der Waals surface area contributed by atoms with Crippen LogP contribution in [0.5, 0.6) is 0 Å². The van der Waals surface area contributed by atoms with Gasteiger partial charge in [0.05, 0.1) is 11.9 Å². The van der Waals surface area contributed by atoms with Crippen LogP contribution in [-0.4, -0.2) is 20.7 Å². The zero-order chi connectivity index (χ0) is 14.8. The molecule has 0 aliphatic heterocycles. The van der Waals surface area contributed by atoms with Crippen LogP contribution >= 0.6 is 0 Å². The molecule has 1 aromatic heterocycles. The fraction of sp³-hybridized carbons (Fsp3) is 0.0625. The van der Waals surface area contributed by atoms with Crippen LogP contribution in [0.2, 0.25) is 0 Å². The molecule has 0 radical (unpaired) electrons. The maximum absolute atomic E-state index is 13.0. The Balaban J connectivity index is 2.02. The number of benzene rings is 2. The Morgan fingerprint density at radius 3 is 2.24 bits per heavy atom. The largest absolute Gasteiger partial charge is 0.277 e. The van der Waals surface area contributed by atoms with Gasteiger partial charge in [-0.3, -0.25) is 9.31 Å². The first kappa shape index (κ1) is 13.7. The number of rotatable bonds is 3. The number of halogens is 1. The number of nitrogens with zero attached hydrogens (tertiary/aromatic N) is 1. The van der Waals surface area contributed by atoms with Crippen molar-refractivity contribution in [1.82, 2.24) is 10.2 Å². The molecule has 1 atom stereocenters. The molecule has 21 heavy (non-hydrogen) atoms. The van der Waals surface area contributed by atoms with Crippen LogP contribution < -0.4 is 0 Å². The van der Waals surface area contributed by atoms with Gasteiger partial charge in [0.25, 0.3) is 0 Å². The monoisotopic (exact) mass is 300 g/mol. The standard InChI is InChI=1S/C16H13FN2OS/c1-21(20)14-8-4-11(5-9-14)15-10-18-19-16(15)12-2-6-13(17)7-3-12/h2-10H,1H3,(H,18,19). The van der Waals surface area contributed by atoms with E-state index in [2.05, 4.69) is 10.2 Å². The van der Waals surface area contributed by atoms with Crippen molar-refractivity contribution >= 4 is 10.8 Å². The average molecular weight is 300 g/mol. The molecule has 0 spiro atoms. The van der Waals surface area contributed by atoms with Gasteiger partial charge in [0.2, 0.25) is 0 Å². The van der Waals surface area contributed by atoms with Crippen molar-refractivity contribution in [1.29, 1.82) is 0 Å². The van der Waals surface area contributed by atoms with E-state index in [0.29, 0.717) is 0 Å². The van der Waals surface area contributed by atoms with E-state index >= 15 is 0 Å². The van der Waals surface area contributed by atoms with Crippen molar-refractivity contribution in [3.63, 3.8) is 0 Å². The van der Waals surface area contributed by atoms with Gasteiger partial charge in [-0.2, -0.15) is 5.10 Å². The molecule has 2 aromatic carbocycles. The second kappa shape index (κ2) is 5.61. The lowest BCUT2D eigenvalue weighted by atomic mass is 10.0. The molecule has 0 bridgehead atoms. The maximum Gasteiger partial charge on any atom is 0.123 e. The number of hydrogen-bond acceptors (Lipinski definition) is 2. The van der Waals surface area contributed by atoms with Gasteiger partial charge in [-0.1, -0.05) is 12.1 Å². The number of aromatic nitrogens is 2. The van der Waals surface area contributed by atoms with Crippen molar-refractivity contribution < 1.29 is 8.60 Å². The van der Waals surface area contributed by atoms with Crippen LogP contribution in [-0.2, 0) is 10.8 Å². The minimum Gasteiger partial charge on any atom is -0.277 e. The minimum atomic E-state index is -0.993. The van der Waals surface area contributed by atoms with Crippen molar-refractivity contribution in [3.8, 4) is 22.4 Å². The minimum absolute atomic E-state index is 0.269. The summed E-state index contributed by atoms with van der Waals surface area (Å²) in [5.74, 6) is -0.269. The highest BCUT2D eigenvalue weighted by molar-refractivity contribution is 7.84. The fourth-order valence-corrected chi connectivity index (χ4v) is 2.69. The molecule has 0 aliphatic carbocycles. The summed E-state index contributed by atoms with van der Waals surface area (Å²) in [4.78, 5) is 0.783. The third-order valence-electron chi connectivity index (χ3n) is 3.27. The number of hydrogen-bond donors (Lipinski definition) is 1. The molecule has 0 saturated heterocycles. The molecule has 5 heteroatoms. The molecule has 0 saturated carbocycles. The summed E-state index contributed by atoms with van der Waals surface area (Å²) >= 11 is 0. The Bertz CT molecular complexity index is 779. The predicted molar refractivity (Wildman–Crippen MR) is 81.8 cm³/mol. The molecule has 0 fully saturated rings. The van der Waals surface area contributed by atoms with E-state index in [4.69, 9.17) is 0 Å². The van der Waals surface area contributed by atoms with Gasteiger partial charge in [0, 0.05) is 33.1 Å². The number of H-pyrrole nitrogens is 1. The van der Waals surface area contributed by atoms with Gasteiger partial charge in [-0.05, 0) is 42.0 Å². The van der Waals surface area contributed by atoms with Gasteiger partial charge in [-0.25, -0.2) is 4.39 Å². The van der Waals surface area contributed by atoms with Gasteiger partial charge in [-0.15, -0.1) is 0 Å². The molecular formula is C16H13FN2OS. The summed E-state index contributed by atoms with van der Waals surface area (Å²) in [5, 5.41) is 7.02. The second-order valence-corrected chi connectivity index (χ2v) is 6.02. The fourth-order valence-electron chi connectivity index (χ4n) is 2.17. The van der Waals surface area contributed by atoms with E-state index in [1.807, 2.05) is 24.3 Å². The summed E-state index contributed by atoms with van der Waals surface area (Å²) in [6, 6.07) is 13.8. The van der Waals surface area contributed by atoms with Crippen molar-refractivity contribution in [2.75, 3.05) is 6.26 Å². The lowest BCUT2D eigenvalue weighted by Gasteiger charge is -2.05. The van der Waals surface area contributed by atoms with Gasteiger partial charge >= 0.3 is 0 Å². The molecular weight excluding hydrogens is 287 g/mol. The van der Waals surface area contributed by atoms with Gasteiger partial charge < -0.3 is 0 Å². The van der Waals surface area contributed by atoms with Gasteiger partial charge in [0.1, 0.15) is 5.82 Å². The molecule has 0 aliphatic rings. The zero-order valence-electron chi connectivity index (χ0n) is 11.3. The summed E-state index contributed by atoms with van der Waals surface area (Å²) in [6.45, 7) is 0. The topological polar surface area (TPSA) is 45.8 Å². The van der Waals surface area contributed by atoms with Crippen molar-refractivity contribution in [3.05, 3.63) is 60.5 Å². The third-order valence-corrected chi connectivity index (χ3v) is 4.21. The quantitative estimate of drug-likeness (QED) is 0.803. The first-order valence-electron chi connectivity index (χ1n) is 6.38. The number of nitrogens with one attached hydrogen (secondary N) is 1. The maximum atomic E-state index is 13.0. The first-order chi connectivity index (χ1) is 10.1. The Hall–Kier alpha value is -2.27. The van der Waals surface area contributed by atoms with E-state index in [1.165, 1.54) is 12.1 Å². The molecule has 106 valence electrons. The second-order valence-electron chi connectivity index (χ2n) is 4.64. The van der Waals surface area contributed by atoms with Crippen LogP contribution in [0.15, 0.2) is 59.6 Å². The van der Waals surface area contributed by atoms with E-state index in [-0.39, 0.29) is 5.82 Å². The lowest BCUT2D eigenvalue weighted by molar-refractivity contribution is 0.628. The zero-order valence-corrected chi connectivity index (χ0v) is 12.2. The highest BCUT2D eigenvalue weighted by Crippen LogP contribution is 2.30. The Labute approximate surface area is 124 Å². The summed E-state index contributed by atoms with van der Waals surface area (Å²) in [5.41, 5.74) is 3.60. The highest BCUT2D eigenvalue weighted by atomic mass is 32.2. The predicted octanol–water partition coefficient (Wildman–Crippen LogP) is 3.62. The SMILES string of the molecule is CS(=O)c1ccc(-c2cn[nH]c2-c2ccc(F)cc2)cc1. The Kier molecular flexibility index (Phi) is 3.66. The van der Waals surface area contributed by atoms with Crippen LogP contribution in [0.25, 0.3) is 22.4 Å². The molecule has 3 rings (SSSR count). The van der Waals surface area contributed by atoms with E-state index < -0.39 is 10.8 Å². The van der Waals surface area contributed by atoms with E-state index in [0.717, 1.165) is 27.3 Å². The molecule has 3 nitrogen and oxygen atoms in total. The lowest BCUT2D eigenvalue weighted by Crippen LogP contribution is -1.87. The Morgan fingerprint density at radius 2 is 1.62 bits per heavy atom. The van der Waals surface area contributed by atoms with Crippen LogP contribution in [0.4, 0.5) is 4.39 Å². The first-order valence-corrected chi connectivity index (χ1v) is 7.94. The van der Waals surface area contributed by atoms with E-state index in [9.17, 15) is 8.60 Å². The molecule has 1 unspecified atom stereocenters. The molecule has 1 heterocycles. The smallest absolute Gasteiger partial charge is 0.123 e. The summed E-state index contributed by atoms with van der Waals surface area (Å²) < 4.78 is 24.4. The molecule has 3 aromatic rings. The molecule has 1 N–H and O–H groups in total.